The van der Waals surface area contributed by atoms with Gasteiger partial charge in [0.2, 0.25) is 0 Å². The van der Waals surface area contributed by atoms with Gasteiger partial charge in [-0.05, 0) is 33.0 Å². The van der Waals surface area contributed by atoms with Crippen molar-refractivity contribution in [1.82, 2.24) is 9.88 Å². The second kappa shape index (κ2) is 5.25. The summed E-state index contributed by atoms with van der Waals surface area (Å²) in [6.45, 7) is 5.24. The topological polar surface area (TPSA) is 42.1 Å². The van der Waals surface area contributed by atoms with E-state index in [4.69, 9.17) is 10.7 Å². The summed E-state index contributed by atoms with van der Waals surface area (Å²) in [5.74, 6) is 1.08. The molecule has 1 aromatic heterocycles. The van der Waals surface area contributed by atoms with Gasteiger partial charge < -0.3 is 10.6 Å². The maximum absolute atomic E-state index is 5.67. The Kier molecular flexibility index (Phi) is 3.95. The lowest BCUT2D eigenvalue weighted by Gasteiger charge is -2.27. The zero-order chi connectivity index (χ0) is 11.5. The molecule has 1 aliphatic heterocycles. The number of rotatable bonds is 3. The van der Waals surface area contributed by atoms with Crippen molar-refractivity contribution in [2.24, 2.45) is 5.73 Å². The lowest BCUT2D eigenvalue weighted by atomic mass is 9.94. The van der Waals surface area contributed by atoms with Crippen LogP contribution in [0.25, 0.3) is 0 Å². The molecule has 3 nitrogen and oxygen atoms in total. The van der Waals surface area contributed by atoms with Crippen LogP contribution in [0.5, 0.6) is 0 Å². The first kappa shape index (κ1) is 12.0. The third-order valence-corrected chi connectivity index (χ3v) is 4.55. The van der Waals surface area contributed by atoms with Crippen molar-refractivity contribution < 1.29 is 0 Å². The zero-order valence-electron chi connectivity index (χ0n) is 10.1. The van der Waals surface area contributed by atoms with Gasteiger partial charge in [0, 0.05) is 23.8 Å². The van der Waals surface area contributed by atoms with Gasteiger partial charge in [-0.15, -0.1) is 11.3 Å². The molecule has 2 rings (SSSR count). The Hall–Kier alpha value is -0.450. The Morgan fingerprint density at radius 1 is 1.56 bits per heavy atom. The Morgan fingerprint density at radius 2 is 2.25 bits per heavy atom. The number of piperidine rings is 1. The first-order chi connectivity index (χ1) is 7.70. The number of nitrogens with two attached hydrogens (primary N) is 1. The van der Waals surface area contributed by atoms with Crippen LogP contribution in [0.2, 0.25) is 0 Å². The van der Waals surface area contributed by atoms with Gasteiger partial charge in [-0.2, -0.15) is 0 Å². The molecule has 1 aromatic rings. The monoisotopic (exact) mass is 239 g/mol. The molecule has 1 aliphatic rings. The molecule has 0 radical (unpaired) electrons. The van der Waals surface area contributed by atoms with E-state index in [-0.39, 0.29) is 0 Å². The second-order valence-corrected chi connectivity index (χ2v) is 5.71. The van der Waals surface area contributed by atoms with E-state index >= 15 is 0 Å². The van der Waals surface area contributed by atoms with Crippen molar-refractivity contribution in [2.75, 3.05) is 26.7 Å². The van der Waals surface area contributed by atoms with E-state index in [2.05, 4.69) is 24.3 Å². The molecule has 1 atom stereocenters. The van der Waals surface area contributed by atoms with Gasteiger partial charge in [-0.3, -0.25) is 0 Å². The quantitative estimate of drug-likeness (QED) is 0.877. The van der Waals surface area contributed by atoms with Crippen molar-refractivity contribution in [2.45, 2.75) is 31.6 Å². The molecule has 0 saturated carbocycles. The Balaban J connectivity index is 2.01. The molecule has 1 fully saturated rings. The highest BCUT2D eigenvalue weighted by atomic mass is 32.1. The average molecular weight is 239 g/mol. The van der Waals surface area contributed by atoms with Gasteiger partial charge in [0.15, 0.2) is 0 Å². The standard InChI is InChI=1S/C12H21N3S/c1-9(7-13)12-14-11(8-16-12)10-3-5-15(2)6-4-10/h8-10H,3-7,13H2,1-2H3. The minimum Gasteiger partial charge on any atom is -0.330 e. The van der Waals surface area contributed by atoms with E-state index in [0.717, 1.165) is 0 Å². The normalized spacial score (nSPS) is 21.2. The maximum Gasteiger partial charge on any atom is 0.0969 e. The summed E-state index contributed by atoms with van der Waals surface area (Å²) >= 11 is 1.77. The highest BCUT2D eigenvalue weighted by molar-refractivity contribution is 7.09. The first-order valence-corrected chi connectivity index (χ1v) is 6.92. The summed E-state index contributed by atoms with van der Waals surface area (Å²) in [6.07, 6.45) is 2.49. The third-order valence-electron chi connectivity index (χ3n) is 3.45. The molecule has 1 unspecified atom stereocenters. The summed E-state index contributed by atoms with van der Waals surface area (Å²) in [7, 11) is 2.19. The van der Waals surface area contributed by atoms with Gasteiger partial charge in [0.05, 0.1) is 10.7 Å². The molecule has 0 aromatic carbocycles. The van der Waals surface area contributed by atoms with Gasteiger partial charge >= 0.3 is 0 Å². The average Bonchev–Trinajstić information content (AvgIpc) is 2.78. The minimum atomic E-state index is 0.407. The zero-order valence-corrected chi connectivity index (χ0v) is 11.0. The van der Waals surface area contributed by atoms with E-state index < -0.39 is 0 Å². The van der Waals surface area contributed by atoms with Crippen LogP contribution in [-0.2, 0) is 0 Å². The van der Waals surface area contributed by atoms with Crippen molar-refractivity contribution in [3.05, 3.63) is 16.1 Å². The summed E-state index contributed by atoms with van der Waals surface area (Å²) in [5.41, 5.74) is 6.97. The van der Waals surface area contributed by atoms with Crippen LogP contribution in [0.3, 0.4) is 0 Å². The van der Waals surface area contributed by atoms with Gasteiger partial charge in [0.1, 0.15) is 0 Å². The SMILES string of the molecule is CC(CN)c1nc(C2CCN(C)CC2)cs1. The molecule has 0 spiro atoms. The lowest BCUT2D eigenvalue weighted by molar-refractivity contribution is 0.253. The van der Waals surface area contributed by atoms with Crippen molar-refractivity contribution in [3.8, 4) is 0 Å². The summed E-state index contributed by atoms with van der Waals surface area (Å²) < 4.78 is 0. The minimum absolute atomic E-state index is 0.407. The molecular weight excluding hydrogens is 218 g/mol. The molecule has 0 bridgehead atoms. The number of thiazole rings is 1. The highest BCUT2D eigenvalue weighted by Gasteiger charge is 2.21. The molecule has 0 amide bonds. The number of hydrogen-bond acceptors (Lipinski definition) is 4. The van der Waals surface area contributed by atoms with Crippen molar-refractivity contribution >= 4 is 11.3 Å². The molecule has 1 saturated heterocycles. The van der Waals surface area contributed by atoms with E-state index in [1.807, 2.05) is 0 Å². The van der Waals surface area contributed by atoms with Gasteiger partial charge in [0.25, 0.3) is 0 Å². The molecule has 16 heavy (non-hydrogen) atoms. The fourth-order valence-electron chi connectivity index (χ4n) is 2.12. The number of aromatic nitrogens is 1. The Labute approximate surface area is 102 Å². The largest absolute Gasteiger partial charge is 0.330 e. The fraction of sp³-hybridized carbons (Fsp3) is 0.750. The molecule has 2 N–H and O–H groups in total. The van der Waals surface area contributed by atoms with Crippen LogP contribution in [0.15, 0.2) is 5.38 Å². The van der Waals surface area contributed by atoms with Crippen LogP contribution in [0, 0.1) is 0 Å². The van der Waals surface area contributed by atoms with Crippen LogP contribution < -0.4 is 5.73 Å². The predicted octanol–water partition coefficient (Wildman–Crippen LogP) is 2.01. The summed E-state index contributed by atoms with van der Waals surface area (Å²) in [6, 6.07) is 0. The van der Waals surface area contributed by atoms with E-state index in [0.29, 0.717) is 18.4 Å². The smallest absolute Gasteiger partial charge is 0.0969 e. The molecule has 2 heterocycles. The van der Waals surface area contributed by atoms with E-state index in [9.17, 15) is 0 Å². The van der Waals surface area contributed by atoms with Crippen molar-refractivity contribution in [3.63, 3.8) is 0 Å². The Morgan fingerprint density at radius 3 is 2.88 bits per heavy atom. The molecular formula is C12H21N3S. The fourth-order valence-corrected chi connectivity index (χ4v) is 3.09. The molecule has 4 heteroatoms. The lowest BCUT2D eigenvalue weighted by Crippen LogP contribution is -2.29. The van der Waals surface area contributed by atoms with Crippen LogP contribution in [0.1, 0.15) is 42.3 Å². The third kappa shape index (κ3) is 2.62. The number of nitrogens with zero attached hydrogens (tertiary/aromatic N) is 2. The predicted molar refractivity (Wildman–Crippen MR) is 69.1 cm³/mol. The van der Waals surface area contributed by atoms with Crippen LogP contribution in [0.4, 0.5) is 0 Å². The highest BCUT2D eigenvalue weighted by Crippen LogP contribution is 2.30. The number of likely N-dealkylation sites (tertiary alicyclic amines) is 1. The van der Waals surface area contributed by atoms with Crippen LogP contribution >= 0.6 is 11.3 Å². The molecule has 0 aliphatic carbocycles. The molecule has 90 valence electrons. The van der Waals surface area contributed by atoms with Crippen molar-refractivity contribution in [1.29, 1.82) is 0 Å². The number of hydrogen-bond donors (Lipinski definition) is 1. The Bertz CT molecular complexity index is 329. The van der Waals surface area contributed by atoms with Gasteiger partial charge in [-0.1, -0.05) is 6.92 Å². The first-order valence-electron chi connectivity index (χ1n) is 6.04. The van der Waals surface area contributed by atoms with Crippen LogP contribution in [-0.4, -0.2) is 36.6 Å². The van der Waals surface area contributed by atoms with E-state index in [1.54, 1.807) is 11.3 Å². The summed E-state index contributed by atoms with van der Waals surface area (Å²) in [4.78, 5) is 7.14. The van der Waals surface area contributed by atoms with E-state index in [1.165, 1.54) is 36.6 Å². The maximum atomic E-state index is 5.67. The summed E-state index contributed by atoms with van der Waals surface area (Å²) in [5, 5.41) is 3.44. The second-order valence-electron chi connectivity index (χ2n) is 4.82. The van der Waals surface area contributed by atoms with Gasteiger partial charge in [-0.25, -0.2) is 4.98 Å².